The van der Waals surface area contributed by atoms with Gasteiger partial charge in [0.25, 0.3) is 0 Å². The molecule has 3 heteroatoms. The molecule has 2 heterocycles. The molecule has 3 nitrogen and oxygen atoms in total. The third kappa shape index (κ3) is 3.30. The van der Waals surface area contributed by atoms with Crippen LogP contribution >= 0.6 is 0 Å². The molecule has 1 saturated heterocycles. The molecule has 1 aromatic carbocycles. The number of hydrogen-bond donors (Lipinski definition) is 1. The number of aromatic nitrogens is 1. The van der Waals surface area contributed by atoms with E-state index in [-0.39, 0.29) is 0 Å². The lowest BCUT2D eigenvalue weighted by Crippen LogP contribution is -2.38. The summed E-state index contributed by atoms with van der Waals surface area (Å²) in [7, 11) is 2.15. The highest BCUT2D eigenvalue weighted by Gasteiger charge is 2.17. The Balaban J connectivity index is 1.73. The quantitative estimate of drug-likeness (QED) is 0.911. The van der Waals surface area contributed by atoms with E-state index in [4.69, 9.17) is 0 Å². The van der Waals surface area contributed by atoms with Gasteiger partial charge in [-0.1, -0.05) is 25.1 Å². The first-order valence-electron chi connectivity index (χ1n) is 8.24. The fourth-order valence-corrected chi connectivity index (χ4v) is 3.54. The molecular weight excluding hydrogens is 258 g/mol. The minimum absolute atomic E-state index is 0.814. The molecule has 21 heavy (non-hydrogen) atoms. The lowest BCUT2D eigenvalue weighted by Gasteiger charge is -2.29. The minimum Gasteiger partial charge on any atom is -0.350 e. The van der Waals surface area contributed by atoms with Crippen molar-refractivity contribution in [2.45, 2.75) is 26.3 Å². The van der Waals surface area contributed by atoms with Crippen molar-refractivity contribution in [1.82, 2.24) is 14.8 Å². The molecule has 2 aromatic rings. The second kappa shape index (κ2) is 6.63. The number of nitrogens with one attached hydrogen (secondary N) is 1. The van der Waals surface area contributed by atoms with Crippen LogP contribution in [0.5, 0.6) is 0 Å². The van der Waals surface area contributed by atoms with Gasteiger partial charge >= 0.3 is 0 Å². The summed E-state index contributed by atoms with van der Waals surface area (Å²) in [6.07, 6.45) is 5.00. The number of para-hydroxylation sites is 1. The maximum absolute atomic E-state index is 3.53. The summed E-state index contributed by atoms with van der Waals surface area (Å²) in [5.41, 5.74) is 2.79. The van der Waals surface area contributed by atoms with Gasteiger partial charge in [0.1, 0.15) is 0 Å². The Morgan fingerprint density at radius 3 is 2.95 bits per heavy atom. The highest BCUT2D eigenvalue weighted by molar-refractivity contribution is 5.83. The monoisotopic (exact) mass is 285 g/mol. The predicted octanol–water partition coefficient (Wildman–Crippen LogP) is 3.00. The van der Waals surface area contributed by atoms with Crippen molar-refractivity contribution in [2.24, 2.45) is 13.0 Å². The number of hydrogen-bond acceptors (Lipinski definition) is 2. The second-order valence-corrected chi connectivity index (χ2v) is 6.32. The number of piperidine rings is 1. The van der Waals surface area contributed by atoms with Gasteiger partial charge in [-0.25, -0.2) is 0 Å². The average molecular weight is 285 g/mol. The first-order valence-corrected chi connectivity index (χ1v) is 8.24. The Hall–Kier alpha value is -1.32. The predicted molar refractivity (Wildman–Crippen MR) is 89.5 cm³/mol. The molecular formula is C18H27N3. The fourth-order valence-electron chi connectivity index (χ4n) is 3.54. The summed E-state index contributed by atoms with van der Waals surface area (Å²) < 4.78 is 2.25. The third-order valence-corrected chi connectivity index (χ3v) is 4.74. The minimum atomic E-state index is 0.814. The zero-order valence-electron chi connectivity index (χ0n) is 13.3. The van der Waals surface area contributed by atoms with Crippen LogP contribution in [0.25, 0.3) is 10.9 Å². The number of rotatable bonds is 5. The van der Waals surface area contributed by atoms with Crippen LogP contribution in [0.3, 0.4) is 0 Å². The Morgan fingerprint density at radius 1 is 1.33 bits per heavy atom. The van der Waals surface area contributed by atoms with Crippen molar-refractivity contribution in [2.75, 3.05) is 26.2 Å². The molecule has 0 saturated carbocycles. The first kappa shape index (κ1) is 14.6. The van der Waals surface area contributed by atoms with Gasteiger partial charge in [0.15, 0.2) is 0 Å². The normalized spacial score (nSPS) is 19.5. The smallest absolute Gasteiger partial charge is 0.0481 e. The van der Waals surface area contributed by atoms with Gasteiger partial charge in [0.2, 0.25) is 0 Å². The SMILES string of the molecule is CCN(Cc1cn(C)c2ccccc12)CC1CCCNC1. The first-order chi connectivity index (χ1) is 10.3. The number of fused-ring (bicyclic) bond motifs is 1. The van der Waals surface area contributed by atoms with Crippen LogP contribution in [0.2, 0.25) is 0 Å². The Morgan fingerprint density at radius 2 is 2.19 bits per heavy atom. The van der Waals surface area contributed by atoms with Crippen molar-refractivity contribution in [3.05, 3.63) is 36.0 Å². The lowest BCUT2D eigenvalue weighted by molar-refractivity contribution is 0.210. The van der Waals surface area contributed by atoms with E-state index in [1.54, 1.807) is 0 Å². The van der Waals surface area contributed by atoms with E-state index in [9.17, 15) is 0 Å². The zero-order valence-corrected chi connectivity index (χ0v) is 13.3. The van der Waals surface area contributed by atoms with E-state index in [2.05, 4.69) is 59.2 Å². The van der Waals surface area contributed by atoms with E-state index < -0.39 is 0 Å². The summed E-state index contributed by atoms with van der Waals surface area (Å²) in [6, 6.07) is 8.73. The van der Waals surface area contributed by atoms with Crippen molar-refractivity contribution < 1.29 is 0 Å². The van der Waals surface area contributed by atoms with Crippen LogP contribution in [0, 0.1) is 5.92 Å². The molecule has 1 unspecified atom stereocenters. The molecule has 3 rings (SSSR count). The topological polar surface area (TPSA) is 20.2 Å². The van der Waals surface area contributed by atoms with Gasteiger partial charge in [-0.05, 0) is 50.0 Å². The molecule has 1 aliphatic rings. The fraction of sp³-hybridized carbons (Fsp3) is 0.556. The van der Waals surface area contributed by atoms with Crippen molar-refractivity contribution in [3.8, 4) is 0 Å². The van der Waals surface area contributed by atoms with E-state index in [1.165, 1.54) is 48.9 Å². The molecule has 0 bridgehead atoms. The Labute approximate surface area is 127 Å². The maximum Gasteiger partial charge on any atom is 0.0481 e. The van der Waals surface area contributed by atoms with E-state index >= 15 is 0 Å². The van der Waals surface area contributed by atoms with Gasteiger partial charge in [-0.2, -0.15) is 0 Å². The van der Waals surface area contributed by atoms with Crippen LogP contribution in [-0.4, -0.2) is 35.6 Å². The lowest BCUT2D eigenvalue weighted by atomic mass is 9.99. The van der Waals surface area contributed by atoms with Crippen LogP contribution in [0.4, 0.5) is 0 Å². The second-order valence-electron chi connectivity index (χ2n) is 6.32. The Bertz CT molecular complexity index is 581. The zero-order chi connectivity index (χ0) is 14.7. The van der Waals surface area contributed by atoms with Crippen LogP contribution in [0.15, 0.2) is 30.5 Å². The van der Waals surface area contributed by atoms with Crippen molar-refractivity contribution >= 4 is 10.9 Å². The molecule has 114 valence electrons. The van der Waals surface area contributed by atoms with Gasteiger partial charge in [-0.15, -0.1) is 0 Å². The molecule has 0 radical (unpaired) electrons. The van der Waals surface area contributed by atoms with Crippen LogP contribution < -0.4 is 5.32 Å². The van der Waals surface area contributed by atoms with Crippen LogP contribution in [-0.2, 0) is 13.6 Å². The highest BCUT2D eigenvalue weighted by Crippen LogP contribution is 2.22. The summed E-state index contributed by atoms with van der Waals surface area (Å²) in [5, 5.41) is 4.93. The molecule has 1 aliphatic heterocycles. The van der Waals surface area contributed by atoms with E-state index in [0.29, 0.717) is 0 Å². The van der Waals surface area contributed by atoms with Gasteiger partial charge in [0, 0.05) is 37.2 Å². The van der Waals surface area contributed by atoms with Gasteiger partial charge < -0.3 is 9.88 Å². The Kier molecular flexibility index (Phi) is 4.61. The van der Waals surface area contributed by atoms with Crippen molar-refractivity contribution in [3.63, 3.8) is 0 Å². The van der Waals surface area contributed by atoms with Gasteiger partial charge in [0.05, 0.1) is 0 Å². The van der Waals surface area contributed by atoms with Crippen molar-refractivity contribution in [1.29, 1.82) is 0 Å². The maximum atomic E-state index is 3.53. The third-order valence-electron chi connectivity index (χ3n) is 4.74. The molecule has 0 spiro atoms. The number of nitrogens with zero attached hydrogens (tertiary/aromatic N) is 2. The standard InChI is InChI=1S/C18H27N3/c1-3-21(12-15-7-6-10-19-11-15)14-16-13-20(2)18-9-5-4-8-17(16)18/h4-5,8-9,13,15,19H,3,6-7,10-12,14H2,1-2H3. The van der Waals surface area contributed by atoms with Gasteiger partial charge in [-0.3, -0.25) is 4.90 Å². The summed E-state index contributed by atoms with van der Waals surface area (Å²) in [5.74, 6) is 0.814. The highest BCUT2D eigenvalue weighted by atomic mass is 15.1. The molecule has 1 fully saturated rings. The summed E-state index contributed by atoms with van der Waals surface area (Å²) in [6.45, 7) is 8.07. The molecule has 0 aliphatic carbocycles. The number of benzene rings is 1. The summed E-state index contributed by atoms with van der Waals surface area (Å²) in [4.78, 5) is 2.60. The summed E-state index contributed by atoms with van der Waals surface area (Å²) >= 11 is 0. The molecule has 0 amide bonds. The molecule has 1 atom stereocenters. The molecule has 1 aromatic heterocycles. The number of aryl methyl sites for hydroxylation is 1. The average Bonchev–Trinajstić information content (AvgIpc) is 2.84. The van der Waals surface area contributed by atoms with E-state index in [0.717, 1.165) is 19.0 Å². The van der Waals surface area contributed by atoms with E-state index in [1.807, 2.05) is 0 Å². The largest absolute Gasteiger partial charge is 0.350 e. The van der Waals surface area contributed by atoms with Crippen LogP contribution in [0.1, 0.15) is 25.3 Å². The molecule has 1 N–H and O–H groups in total.